The van der Waals surface area contributed by atoms with E-state index in [0.717, 1.165) is 46.2 Å². The monoisotopic (exact) mass is 370 g/mol. The van der Waals surface area contributed by atoms with Crippen molar-refractivity contribution in [1.29, 1.82) is 0 Å². The van der Waals surface area contributed by atoms with Crippen molar-refractivity contribution in [2.24, 2.45) is 0 Å². The van der Waals surface area contributed by atoms with Gasteiger partial charge in [0.1, 0.15) is 0 Å². The van der Waals surface area contributed by atoms with Gasteiger partial charge < -0.3 is 0 Å². The number of hydrogen-bond donors (Lipinski definition) is 0. The number of carbonyl (C=O) groups is 2. The smallest absolute Gasteiger partial charge is 0.162 e. The fraction of sp³-hybridized carbons (Fsp3) is 0.231. The lowest BCUT2D eigenvalue weighted by Gasteiger charge is -2.07. The highest BCUT2D eigenvalue weighted by Gasteiger charge is 2.07. The van der Waals surface area contributed by atoms with Gasteiger partial charge in [-0.3, -0.25) is 9.59 Å². The largest absolute Gasteiger partial charge is 0.294 e. The van der Waals surface area contributed by atoms with E-state index in [9.17, 15) is 9.59 Å². The van der Waals surface area contributed by atoms with Crippen LogP contribution in [-0.2, 0) is 0 Å². The lowest BCUT2D eigenvalue weighted by molar-refractivity contribution is 0.0973. The molecular formula is C26H26O2. The fourth-order valence-electron chi connectivity index (χ4n) is 3.30. The average Bonchev–Trinajstić information content (AvgIpc) is 2.74. The molecule has 0 heterocycles. The number of rotatable bonds is 8. The summed E-state index contributed by atoms with van der Waals surface area (Å²) < 4.78 is 0. The van der Waals surface area contributed by atoms with Crippen molar-refractivity contribution < 1.29 is 9.59 Å². The van der Waals surface area contributed by atoms with E-state index in [1.807, 2.05) is 62.4 Å². The third-order valence-electron chi connectivity index (χ3n) is 4.92. The molecule has 2 heteroatoms. The molecule has 0 amide bonds. The molecule has 0 aliphatic rings. The molecule has 0 radical (unpaired) electrons. The molecule has 0 saturated heterocycles. The van der Waals surface area contributed by atoms with Gasteiger partial charge in [-0.2, -0.15) is 0 Å². The predicted octanol–water partition coefficient (Wildman–Crippen LogP) is 6.99. The Bertz CT molecular complexity index is 853. The normalized spacial score (nSPS) is 10.6. The van der Waals surface area contributed by atoms with E-state index < -0.39 is 0 Å². The molecule has 0 atom stereocenters. The lowest BCUT2D eigenvalue weighted by Crippen LogP contribution is -1.97. The first-order valence-corrected chi connectivity index (χ1v) is 9.99. The van der Waals surface area contributed by atoms with Crippen molar-refractivity contribution >= 4 is 11.6 Å². The molecule has 0 bridgehead atoms. The second-order valence-electron chi connectivity index (χ2n) is 7.08. The summed E-state index contributed by atoms with van der Waals surface area (Å²) in [5.74, 6) is 0.399. The van der Waals surface area contributed by atoms with Crippen LogP contribution in [0.5, 0.6) is 0 Å². The maximum absolute atomic E-state index is 12.0. The van der Waals surface area contributed by atoms with Crippen LogP contribution in [0.4, 0.5) is 0 Å². The first kappa shape index (κ1) is 19.8. The van der Waals surface area contributed by atoms with E-state index in [0.29, 0.717) is 12.8 Å². The molecule has 0 spiro atoms. The first-order chi connectivity index (χ1) is 13.6. The summed E-state index contributed by atoms with van der Waals surface area (Å²) in [6, 6.07) is 24.0. The minimum absolute atomic E-state index is 0.199. The van der Waals surface area contributed by atoms with E-state index in [2.05, 4.69) is 24.3 Å². The van der Waals surface area contributed by atoms with E-state index in [4.69, 9.17) is 0 Å². The Morgan fingerprint density at radius 1 is 0.500 bits per heavy atom. The van der Waals surface area contributed by atoms with Crippen LogP contribution in [0.15, 0.2) is 72.8 Å². The summed E-state index contributed by atoms with van der Waals surface area (Å²) in [4.78, 5) is 24.0. The van der Waals surface area contributed by atoms with Gasteiger partial charge in [0.2, 0.25) is 0 Å². The first-order valence-electron chi connectivity index (χ1n) is 9.99. The minimum Gasteiger partial charge on any atom is -0.294 e. The van der Waals surface area contributed by atoms with Gasteiger partial charge in [-0.05, 0) is 35.1 Å². The zero-order chi connectivity index (χ0) is 19.9. The summed E-state index contributed by atoms with van der Waals surface area (Å²) in [5.41, 5.74) is 5.99. The maximum Gasteiger partial charge on any atom is 0.162 e. The second-order valence-corrected chi connectivity index (χ2v) is 7.08. The third kappa shape index (κ3) is 4.64. The van der Waals surface area contributed by atoms with Gasteiger partial charge in [-0.25, -0.2) is 0 Å². The van der Waals surface area contributed by atoms with Crippen LogP contribution < -0.4 is 0 Å². The number of ketones is 2. The number of hydrogen-bond acceptors (Lipinski definition) is 2. The van der Waals surface area contributed by atoms with Gasteiger partial charge in [0.05, 0.1) is 0 Å². The molecule has 3 aromatic rings. The Balaban J connectivity index is 1.74. The van der Waals surface area contributed by atoms with Crippen LogP contribution >= 0.6 is 0 Å². The van der Waals surface area contributed by atoms with Gasteiger partial charge in [-0.15, -0.1) is 0 Å². The summed E-state index contributed by atoms with van der Waals surface area (Å²) in [6.45, 7) is 4.04. The summed E-state index contributed by atoms with van der Waals surface area (Å²) >= 11 is 0. The summed E-state index contributed by atoms with van der Waals surface area (Å²) in [5, 5.41) is 0. The molecule has 0 N–H and O–H groups in total. The second kappa shape index (κ2) is 9.27. The molecule has 2 nitrogen and oxygen atoms in total. The molecule has 0 aromatic heterocycles. The number of carbonyl (C=O) groups excluding carboxylic acids is 2. The van der Waals surface area contributed by atoms with Crippen LogP contribution in [0, 0.1) is 0 Å². The number of Topliss-reactive ketones (excluding diaryl/α,β-unsaturated/α-hetero) is 2. The average molecular weight is 370 g/mol. The Morgan fingerprint density at radius 2 is 0.750 bits per heavy atom. The third-order valence-corrected chi connectivity index (χ3v) is 4.92. The molecule has 0 saturated carbocycles. The molecule has 3 rings (SSSR count). The lowest BCUT2D eigenvalue weighted by atomic mass is 9.97. The van der Waals surface area contributed by atoms with Crippen molar-refractivity contribution in [1.82, 2.24) is 0 Å². The van der Waals surface area contributed by atoms with Crippen LogP contribution in [0.1, 0.15) is 60.2 Å². The Kier molecular flexibility index (Phi) is 6.54. The van der Waals surface area contributed by atoms with Crippen LogP contribution in [-0.4, -0.2) is 11.6 Å². The highest BCUT2D eigenvalue weighted by atomic mass is 16.1. The van der Waals surface area contributed by atoms with Gasteiger partial charge in [-0.1, -0.05) is 86.6 Å². The van der Waals surface area contributed by atoms with E-state index in [1.54, 1.807) is 0 Å². The number of benzene rings is 3. The van der Waals surface area contributed by atoms with Gasteiger partial charge in [0.15, 0.2) is 11.6 Å². The van der Waals surface area contributed by atoms with Crippen molar-refractivity contribution in [2.45, 2.75) is 39.5 Å². The highest BCUT2D eigenvalue weighted by Crippen LogP contribution is 2.26. The van der Waals surface area contributed by atoms with Gasteiger partial charge >= 0.3 is 0 Å². The van der Waals surface area contributed by atoms with E-state index in [1.165, 1.54) is 0 Å². The topological polar surface area (TPSA) is 34.1 Å². The van der Waals surface area contributed by atoms with Crippen molar-refractivity contribution in [3.63, 3.8) is 0 Å². The molecule has 0 aliphatic carbocycles. The Hall–Kier alpha value is -3.00. The molecule has 0 fully saturated rings. The Labute approximate surface area is 167 Å². The van der Waals surface area contributed by atoms with Crippen LogP contribution in [0.3, 0.4) is 0 Å². The molecular weight excluding hydrogens is 344 g/mol. The SMILES string of the molecule is CCCC(=O)c1ccc(-c2ccc(-c3ccc(C(=O)CCC)cc3)cc2)cc1. The summed E-state index contributed by atoms with van der Waals surface area (Å²) in [7, 11) is 0. The van der Waals surface area contributed by atoms with Gasteiger partial charge in [0.25, 0.3) is 0 Å². The maximum atomic E-state index is 12.0. The highest BCUT2D eigenvalue weighted by molar-refractivity contribution is 5.97. The molecule has 28 heavy (non-hydrogen) atoms. The van der Waals surface area contributed by atoms with Crippen molar-refractivity contribution in [3.05, 3.63) is 83.9 Å². The Morgan fingerprint density at radius 3 is 1.00 bits per heavy atom. The van der Waals surface area contributed by atoms with Crippen LogP contribution in [0.25, 0.3) is 22.3 Å². The van der Waals surface area contributed by atoms with Crippen LogP contribution in [0.2, 0.25) is 0 Å². The molecule has 3 aromatic carbocycles. The zero-order valence-electron chi connectivity index (χ0n) is 16.6. The predicted molar refractivity (Wildman–Crippen MR) is 116 cm³/mol. The quantitative estimate of drug-likeness (QED) is 0.401. The van der Waals surface area contributed by atoms with E-state index >= 15 is 0 Å². The fourth-order valence-corrected chi connectivity index (χ4v) is 3.30. The molecule has 0 aliphatic heterocycles. The minimum atomic E-state index is 0.199. The van der Waals surface area contributed by atoms with Crippen molar-refractivity contribution in [3.8, 4) is 22.3 Å². The van der Waals surface area contributed by atoms with Gasteiger partial charge in [0, 0.05) is 24.0 Å². The standard InChI is InChI=1S/C26H26O2/c1-3-5-25(27)23-15-11-21(12-16-23)19-7-9-20(10-8-19)22-13-17-24(18-14-22)26(28)6-4-2/h7-18H,3-6H2,1-2H3. The molecule has 0 unspecified atom stereocenters. The molecule has 142 valence electrons. The summed E-state index contributed by atoms with van der Waals surface area (Å²) in [6.07, 6.45) is 2.93. The van der Waals surface area contributed by atoms with Crippen molar-refractivity contribution in [2.75, 3.05) is 0 Å². The zero-order valence-corrected chi connectivity index (χ0v) is 16.6. The van der Waals surface area contributed by atoms with E-state index in [-0.39, 0.29) is 11.6 Å².